The van der Waals surface area contributed by atoms with Crippen LogP contribution in [-0.2, 0) is 5.75 Å². The van der Waals surface area contributed by atoms with E-state index in [1.807, 2.05) is 17.5 Å². The van der Waals surface area contributed by atoms with Gasteiger partial charge in [0.2, 0.25) is 5.69 Å². The van der Waals surface area contributed by atoms with E-state index in [2.05, 4.69) is 15.9 Å². The van der Waals surface area contributed by atoms with Crippen molar-refractivity contribution in [2.75, 3.05) is 31.2 Å². The number of nitrogens with zero attached hydrogens (tertiary/aromatic N) is 5. The Morgan fingerprint density at radius 1 is 1.17 bits per heavy atom. The molecule has 0 unspecified atom stereocenters. The molecule has 0 radical (unpaired) electrons. The fourth-order valence-corrected chi connectivity index (χ4v) is 6.56. The number of halogens is 3. The quantitative estimate of drug-likeness (QED) is 0.150. The van der Waals surface area contributed by atoms with Crippen LogP contribution in [0.15, 0.2) is 58.9 Å². The van der Waals surface area contributed by atoms with E-state index < -0.39 is 12.5 Å². The second kappa shape index (κ2) is 13.1. The van der Waals surface area contributed by atoms with Crippen molar-refractivity contribution in [2.24, 2.45) is 0 Å². The average molecular weight is 624 g/mol. The molecule has 2 aromatic heterocycles. The topological polar surface area (TPSA) is 86.6 Å². The Balaban J connectivity index is 1.54. The van der Waals surface area contributed by atoms with Gasteiger partial charge in [0.15, 0.2) is 0 Å². The largest absolute Gasteiger partial charge is 0.491 e. The molecule has 0 amide bonds. The van der Waals surface area contributed by atoms with Gasteiger partial charge in [-0.05, 0) is 36.2 Å². The number of alkyl halides is 2. The number of pyridine rings is 1. The number of hydrogen-bond donors (Lipinski definition) is 1. The molecular formula is C30H24ClF2N5O2S2. The first-order valence-electron chi connectivity index (χ1n) is 13.0. The maximum absolute atomic E-state index is 14.5. The highest BCUT2D eigenvalue weighted by Crippen LogP contribution is 2.46. The first-order valence-corrected chi connectivity index (χ1v) is 15.2. The van der Waals surface area contributed by atoms with Gasteiger partial charge in [0.1, 0.15) is 34.3 Å². The predicted octanol–water partition coefficient (Wildman–Crippen LogP) is 7.85. The summed E-state index contributed by atoms with van der Waals surface area (Å²) in [6, 6.07) is 16.4. The van der Waals surface area contributed by atoms with Crippen molar-refractivity contribution in [2.45, 2.75) is 29.5 Å². The molecule has 2 aromatic carbocycles. The lowest BCUT2D eigenvalue weighted by molar-refractivity contribution is -0.0118. The van der Waals surface area contributed by atoms with Gasteiger partial charge >= 0.3 is 0 Å². The van der Waals surface area contributed by atoms with Crippen LogP contribution in [0.1, 0.15) is 24.1 Å². The fraction of sp³-hybridized carbons (Fsp3) is 0.267. The van der Waals surface area contributed by atoms with Crippen LogP contribution in [0, 0.1) is 17.9 Å². The number of aromatic nitrogens is 2. The van der Waals surface area contributed by atoms with Gasteiger partial charge in [-0.15, -0.1) is 11.3 Å². The highest BCUT2D eigenvalue weighted by atomic mass is 35.5. The Morgan fingerprint density at radius 3 is 2.57 bits per heavy atom. The zero-order valence-electron chi connectivity index (χ0n) is 22.2. The van der Waals surface area contributed by atoms with Gasteiger partial charge in [0.25, 0.3) is 5.92 Å². The number of piperidine rings is 1. The van der Waals surface area contributed by atoms with Crippen molar-refractivity contribution in [3.63, 3.8) is 0 Å². The molecular weight excluding hydrogens is 600 g/mol. The van der Waals surface area contributed by atoms with E-state index in [4.69, 9.17) is 33.0 Å². The molecule has 1 N–H and O–H groups in total. The number of nitriles is 1. The molecule has 42 heavy (non-hydrogen) atoms. The van der Waals surface area contributed by atoms with Crippen LogP contribution in [-0.4, -0.2) is 47.3 Å². The molecule has 1 fully saturated rings. The summed E-state index contributed by atoms with van der Waals surface area (Å²) in [7, 11) is 0. The van der Waals surface area contributed by atoms with Crippen molar-refractivity contribution >= 4 is 46.2 Å². The second-order valence-corrected chi connectivity index (χ2v) is 11.7. The molecule has 4 aromatic rings. The Morgan fingerprint density at radius 2 is 1.90 bits per heavy atom. The first kappa shape index (κ1) is 29.7. The summed E-state index contributed by atoms with van der Waals surface area (Å²) in [5.74, 6) is -1.88. The Hall–Kier alpha value is -3.74. The SMILES string of the molecule is [C-]#[N+]c1c(N2CCCC(F)(F)C2)nc(SCc2csc(-c3ccc(Cl)cc3)n2)c(C#N)c1-c1ccc(OCCO)cc1. The normalized spacial score (nSPS) is 14.3. The van der Waals surface area contributed by atoms with Crippen LogP contribution in [0.5, 0.6) is 5.75 Å². The Labute approximate surface area is 255 Å². The number of thiazole rings is 1. The van der Waals surface area contributed by atoms with E-state index >= 15 is 0 Å². The van der Waals surface area contributed by atoms with E-state index in [9.17, 15) is 14.0 Å². The van der Waals surface area contributed by atoms with E-state index in [0.29, 0.717) is 39.2 Å². The molecule has 1 aliphatic rings. The minimum atomic E-state index is -2.91. The van der Waals surface area contributed by atoms with Gasteiger partial charge in [-0.25, -0.2) is 23.6 Å². The van der Waals surface area contributed by atoms with Crippen molar-refractivity contribution in [3.8, 4) is 33.5 Å². The lowest BCUT2D eigenvalue weighted by Crippen LogP contribution is -2.43. The van der Waals surface area contributed by atoms with Gasteiger partial charge in [0, 0.05) is 40.2 Å². The van der Waals surface area contributed by atoms with Crippen LogP contribution in [0.4, 0.5) is 20.3 Å². The van der Waals surface area contributed by atoms with Crippen molar-refractivity contribution < 1.29 is 18.6 Å². The highest BCUT2D eigenvalue weighted by Gasteiger charge is 2.37. The number of aliphatic hydroxyl groups is 1. The second-order valence-electron chi connectivity index (χ2n) is 9.48. The molecule has 12 heteroatoms. The maximum atomic E-state index is 14.5. The molecule has 0 spiro atoms. The lowest BCUT2D eigenvalue weighted by Gasteiger charge is -2.34. The molecule has 7 nitrogen and oxygen atoms in total. The first-order chi connectivity index (χ1) is 20.3. The van der Waals surface area contributed by atoms with E-state index in [0.717, 1.165) is 16.3 Å². The minimum absolute atomic E-state index is 0.0521. The number of ether oxygens (including phenoxy) is 1. The van der Waals surface area contributed by atoms with Crippen LogP contribution in [0.2, 0.25) is 5.02 Å². The molecule has 0 bridgehead atoms. The molecule has 214 valence electrons. The monoisotopic (exact) mass is 623 g/mol. The molecule has 3 heterocycles. The van der Waals surface area contributed by atoms with Crippen LogP contribution >= 0.6 is 34.7 Å². The third-order valence-corrected chi connectivity index (χ3v) is 8.74. The number of thioether (sulfide) groups is 1. The number of anilines is 1. The maximum Gasteiger partial charge on any atom is 0.265 e. The van der Waals surface area contributed by atoms with Crippen molar-refractivity contribution in [3.05, 3.63) is 81.6 Å². The summed E-state index contributed by atoms with van der Waals surface area (Å²) in [4.78, 5) is 14.5. The third-order valence-electron chi connectivity index (χ3n) is 6.54. The zero-order chi connectivity index (χ0) is 29.7. The van der Waals surface area contributed by atoms with E-state index in [1.165, 1.54) is 28.0 Å². The molecule has 0 atom stereocenters. The summed E-state index contributed by atoms with van der Waals surface area (Å²) in [6.07, 6.45) is 0.0315. The van der Waals surface area contributed by atoms with Gasteiger partial charge in [-0.2, -0.15) is 5.26 Å². The molecule has 1 saturated heterocycles. The Kier molecular flexibility index (Phi) is 9.24. The lowest BCUT2D eigenvalue weighted by atomic mass is 9.99. The number of hydrogen-bond acceptors (Lipinski definition) is 8. The zero-order valence-corrected chi connectivity index (χ0v) is 24.6. The summed E-state index contributed by atoms with van der Waals surface area (Å²) in [5, 5.41) is 23.1. The van der Waals surface area contributed by atoms with Crippen molar-refractivity contribution in [1.82, 2.24) is 9.97 Å². The van der Waals surface area contributed by atoms with Gasteiger partial charge < -0.3 is 14.7 Å². The minimum Gasteiger partial charge on any atom is -0.491 e. The summed E-state index contributed by atoms with van der Waals surface area (Å²) in [5.41, 5.74) is 2.84. The van der Waals surface area contributed by atoms with Gasteiger partial charge in [-0.3, -0.25) is 0 Å². The standard InChI is InChI=1S/C30H24ClF2N5O2S2/c1-35-26-25(19-5-9-23(10-6-19)40-14-13-39)24(15-34)29(37-27(26)38-12-2-11-30(32,33)18-38)42-17-22-16-41-28(36-22)20-3-7-21(31)8-4-20/h3-10,16,39H,2,11-14,17-18H2. The molecule has 0 aliphatic carbocycles. The third kappa shape index (κ3) is 6.66. The fourth-order valence-electron chi connectivity index (χ4n) is 4.63. The molecule has 5 rings (SSSR count). The van der Waals surface area contributed by atoms with Crippen LogP contribution in [0.3, 0.4) is 0 Å². The van der Waals surface area contributed by atoms with Crippen molar-refractivity contribution in [1.29, 1.82) is 5.26 Å². The summed E-state index contributed by atoms with van der Waals surface area (Å²) in [6.45, 7) is 7.74. The smallest absolute Gasteiger partial charge is 0.265 e. The van der Waals surface area contributed by atoms with E-state index in [-0.39, 0.29) is 43.1 Å². The van der Waals surface area contributed by atoms with Crippen LogP contribution in [0.25, 0.3) is 26.5 Å². The van der Waals surface area contributed by atoms with E-state index in [1.54, 1.807) is 36.4 Å². The number of benzene rings is 2. The predicted molar refractivity (Wildman–Crippen MR) is 162 cm³/mol. The average Bonchev–Trinajstić information content (AvgIpc) is 3.47. The Bertz CT molecular complexity index is 1650. The van der Waals surface area contributed by atoms with Crippen LogP contribution < -0.4 is 9.64 Å². The summed E-state index contributed by atoms with van der Waals surface area (Å²) >= 11 is 8.77. The molecule has 1 aliphatic heterocycles. The summed E-state index contributed by atoms with van der Waals surface area (Å²) < 4.78 is 34.4. The number of rotatable bonds is 9. The molecule has 0 saturated carbocycles. The van der Waals surface area contributed by atoms with Gasteiger partial charge in [0.05, 0.1) is 31.0 Å². The highest BCUT2D eigenvalue weighted by molar-refractivity contribution is 7.98. The number of aliphatic hydroxyl groups excluding tert-OH is 1. The van der Waals surface area contributed by atoms with Gasteiger partial charge in [-0.1, -0.05) is 47.6 Å².